The lowest BCUT2D eigenvalue weighted by Crippen LogP contribution is -2.51. The molecule has 0 saturated heterocycles. The van der Waals surface area contributed by atoms with Gasteiger partial charge in [0.05, 0.1) is 6.10 Å². The Balaban J connectivity index is 1.96. The third-order valence-corrected chi connectivity index (χ3v) is 3.65. The Kier molecular flexibility index (Phi) is 6.50. The highest BCUT2D eigenvalue weighted by Gasteiger charge is 2.25. The molecule has 7 heteroatoms. The van der Waals surface area contributed by atoms with Gasteiger partial charge in [0.1, 0.15) is 6.04 Å². The maximum absolute atomic E-state index is 12.2. The molecule has 0 radical (unpaired) electrons. The van der Waals surface area contributed by atoms with Gasteiger partial charge in [-0.1, -0.05) is 30.3 Å². The van der Waals surface area contributed by atoms with Crippen LogP contribution in [0.1, 0.15) is 22.8 Å². The third kappa shape index (κ3) is 5.30. The van der Waals surface area contributed by atoms with E-state index in [1.807, 2.05) is 30.3 Å². The summed E-state index contributed by atoms with van der Waals surface area (Å²) in [5.41, 5.74) is 3.76. The summed E-state index contributed by atoms with van der Waals surface area (Å²) in [4.78, 5) is 23.6. The molecular formula is C18H21N3O4. The first-order valence-corrected chi connectivity index (χ1v) is 7.82. The van der Waals surface area contributed by atoms with Crippen LogP contribution in [0.5, 0.6) is 0 Å². The Morgan fingerprint density at radius 1 is 1.04 bits per heavy atom. The topological polar surface area (TPSA) is 111 Å². The van der Waals surface area contributed by atoms with Crippen LogP contribution in [-0.2, 0) is 11.3 Å². The molecule has 2 atom stereocenters. The van der Waals surface area contributed by atoms with E-state index in [0.717, 1.165) is 11.3 Å². The summed E-state index contributed by atoms with van der Waals surface area (Å²) in [5, 5.41) is 23.8. The third-order valence-electron chi connectivity index (χ3n) is 3.65. The van der Waals surface area contributed by atoms with E-state index in [1.165, 1.54) is 12.4 Å². The van der Waals surface area contributed by atoms with Crippen molar-refractivity contribution in [1.29, 1.82) is 0 Å². The van der Waals surface area contributed by atoms with Crippen LogP contribution in [0, 0.1) is 0 Å². The summed E-state index contributed by atoms with van der Waals surface area (Å²) in [7, 11) is 0. The van der Waals surface area contributed by atoms with Gasteiger partial charge in [0.25, 0.3) is 11.8 Å². The van der Waals surface area contributed by atoms with E-state index in [4.69, 9.17) is 5.21 Å². The summed E-state index contributed by atoms with van der Waals surface area (Å²) in [6.07, 6.45) is -1.15. The van der Waals surface area contributed by atoms with Gasteiger partial charge in [-0.25, -0.2) is 5.48 Å². The van der Waals surface area contributed by atoms with Crippen molar-refractivity contribution in [3.05, 3.63) is 65.7 Å². The lowest BCUT2D eigenvalue weighted by Gasteiger charge is -2.19. The van der Waals surface area contributed by atoms with Gasteiger partial charge in [-0.05, 0) is 36.8 Å². The van der Waals surface area contributed by atoms with Crippen LogP contribution in [0.25, 0.3) is 0 Å². The lowest BCUT2D eigenvalue weighted by molar-refractivity contribution is -0.133. The summed E-state index contributed by atoms with van der Waals surface area (Å²) in [5.74, 6) is -1.40. The molecule has 0 aliphatic rings. The van der Waals surface area contributed by atoms with Crippen molar-refractivity contribution in [2.75, 3.05) is 5.32 Å². The van der Waals surface area contributed by atoms with E-state index in [2.05, 4.69) is 10.6 Å². The Morgan fingerprint density at radius 3 is 2.24 bits per heavy atom. The molecule has 0 heterocycles. The standard InChI is InChI=1S/C18H21N3O4/c1-12(22)16(18(24)21-25)20-17(23)14-9-7-13(8-10-14)11-19-15-5-3-2-4-6-15/h2-10,12,16,19,22,25H,11H2,1H3,(H,20,23)(H,21,24). The highest BCUT2D eigenvalue weighted by atomic mass is 16.5. The zero-order valence-corrected chi connectivity index (χ0v) is 13.8. The summed E-state index contributed by atoms with van der Waals surface area (Å²) < 4.78 is 0. The predicted molar refractivity (Wildman–Crippen MR) is 93.1 cm³/mol. The van der Waals surface area contributed by atoms with Gasteiger partial charge in [0.15, 0.2) is 0 Å². The maximum Gasteiger partial charge on any atom is 0.268 e. The largest absolute Gasteiger partial charge is 0.391 e. The van der Waals surface area contributed by atoms with Crippen LogP contribution in [0.4, 0.5) is 5.69 Å². The second-order valence-electron chi connectivity index (χ2n) is 5.58. The number of aliphatic hydroxyl groups excluding tert-OH is 1. The monoisotopic (exact) mass is 343 g/mol. The minimum Gasteiger partial charge on any atom is -0.391 e. The smallest absolute Gasteiger partial charge is 0.268 e. The Bertz CT molecular complexity index is 702. The minimum atomic E-state index is -1.24. The SMILES string of the molecule is CC(O)C(NC(=O)c1ccc(CNc2ccccc2)cc1)C(=O)NO. The fourth-order valence-electron chi connectivity index (χ4n) is 2.23. The number of nitrogens with one attached hydrogen (secondary N) is 3. The number of amides is 2. The molecule has 2 unspecified atom stereocenters. The number of anilines is 1. The van der Waals surface area contributed by atoms with Gasteiger partial charge in [0, 0.05) is 17.8 Å². The molecule has 0 aliphatic carbocycles. The molecule has 0 fully saturated rings. The average molecular weight is 343 g/mol. The molecule has 0 bridgehead atoms. The zero-order chi connectivity index (χ0) is 18.2. The van der Waals surface area contributed by atoms with Crippen molar-refractivity contribution in [1.82, 2.24) is 10.8 Å². The van der Waals surface area contributed by atoms with Crippen LogP contribution in [0.15, 0.2) is 54.6 Å². The molecule has 2 amide bonds. The summed E-state index contributed by atoms with van der Waals surface area (Å²) in [6.45, 7) is 1.95. The normalized spacial score (nSPS) is 12.8. The van der Waals surface area contributed by atoms with Crippen molar-refractivity contribution >= 4 is 17.5 Å². The van der Waals surface area contributed by atoms with Gasteiger partial charge < -0.3 is 15.7 Å². The van der Waals surface area contributed by atoms with Gasteiger partial charge in [-0.2, -0.15) is 0 Å². The second-order valence-corrected chi connectivity index (χ2v) is 5.58. The van der Waals surface area contributed by atoms with Crippen LogP contribution in [-0.4, -0.2) is 34.3 Å². The summed E-state index contributed by atoms with van der Waals surface area (Å²) >= 11 is 0. The Labute approximate surface area is 145 Å². The summed E-state index contributed by atoms with van der Waals surface area (Å²) in [6, 6.07) is 15.4. The molecule has 2 rings (SSSR count). The van der Waals surface area contributed by atoms with Crippen molar-refractivity contribution < 1.29 is 19.9 Å². The maximum atomic E-state index is 12.2. The Hall–Kier alpha value is -2.90. The predicted octanol–water partition coefficient (Wildman–Crippen LogP) is 1.28. The number of hydroxylamine groups is 1. The molecule has 2 aromatic carbocycles. The van der Waals surface area contributed by atoms with Crippen LogP contribution < -0.4 is 16.1 Å². The van der Waals surface area contributed by atoms with Gasteiger partial charge in [0.2, 0.25) is 0 Å². The molecular weight excluding hydrogens is 322 g/mol. The molecule has 0 spiro atoms. The molecule has 5 N–H and O–H groups in total. The fraction of sp³-hybridized carbons (Fsp3) is 0.222. The first kappa shape index (κ1) is 18.4. The fourth-order valence-corrected chi connectivity index (χ4v) is 2.23. The molecule has 25 heavy (non-hydrogen) atoms. The van der Waals surface area contributed by atoms with E-state index in [9.17, 15) is 14.7 Å². The zero-order valence-electron chi connectivity index (χ0n) is 13.8. The number of hydrogen-bond acceptors (Lipinski definition) is 5. The quantitative estimate of drug-likeness (QED) is 0.384. The highest BCUT2D eigenvalue weighted by Crippen LogP contribution is 2.10. The number of benzene rings is 2. The molecule has 0 saturated carbocycles. The molecule has 0 aliphatic heterocycles. The number of carbonyl (C=O) groups is 2. The van der Waals surface area contributed by atoms with Gasteiger partial charge in [-0.15, -0.1) is 0 Å². The first-order valence-electron chi connectivity index (χ1n) is 7.82. The van der Waals surface area contributed by atoms with Crippen molar-refractivity contribution in [3.63, 3.8) is 0 Å². The molecule has 7 nitrogen and oxygen atoms in total. The molecule has 2 aromatic rings. The number of hydrogen-bond donors (Lipinski definition) is 5. The number of para-hydroxylation sites is 1. The number of carbonyl (C=O) groups excluding carboxylic acids is 2. The van der Waals surface area contributed by atoms with E-state index in [0.29, 0.717) is 12.1 Å². The van der Waals surface area contributed by atoms with Crippen LogP contribution in [0.3, 0.4) is 0 Å². The van der Waals surface area contributed by atoms with Crippen LogP contribution >= 0.6 is 0 Å². The number of rotatable bonds is 7. The van der Waals surface area contributed by atoms with Gasteiger partial charge in [-0.3, -0.25) is 14.8 Å². The van der Waals surface area contributed by atoms with Crippen LogP contribution in [0.2, 0.25) is 0 Å². The van der Waals surface area contributed by atoms with E-state index >= 15 is 0 Å². The molecule has 0 aromatic heterocycles. The Morgan fingerprint density at radius 2 is 1.68 bits per heavy atom. The average Bonchev–Trinajstić information content (AvgIpc) is 2.64. The van der Waals surface area contributed by atoms with Gasteiger partial charge >= 0.3 is 0 Å². The minimum absolute atomic E-state index is 0.347. The van der Waals surface area contributed by atoms with Crippen molar-refractivity contribution in [2.24, 2.45) is 0 Å². The van der Waals surface area contributed by atoms with Crippen molar-refractivity contribution in [3.8, 4) is 0 Å². The van der Waals surface area contributed by atoms with E-state index < -0.39 is 24.0 Å². The number of aliphatic hydroxyl groups is 1. The van der Waals surface area contributed by atoms with E-state index in [-0.39, 0.29) is 0 Å². The highest BCUT2D eigenvalue weighted by molar-refractivity contribution is 5.97. The lowest BCUT2D eigenvalue weighted by atomic mass is 10.1. The van der Waals surface area contributed by atoms with Crippen molar-refractivity contribution in [2.45, 2.75) is 25.6 Å². The first-order chi connectivity index (χ1) is 12.0. The molecule has 132 valence electrons. The second kappa shape index (κ2) is 8.81. The van der Waals surface area contributed by atoms with E-state index in [1.54, 1.807) is 24.3 Å².